The predicted molar refractivity (Wildman–Crippen MR) is 200 cm³/mol. The maximum atomic E-state index is 13.8. The van der Waals surface area contributed by atoms with Gasteiger partial charge in [-0.25, -0.2) is 4.98 Å². The average Bonchev–Trinajstić information content (AvgIpc) is 3.94. The van der Waals surface area contributed by atoms with Crippen LogP contribution in [-0.2, 0) is 36.1 Å². The van der Waals surface area contributed by atoms with Crippen LogP contribution in [0.25, 0.3) is 11.1 Å². The second-order valence-electron chi connectivity index (χ2n) is 15.6. The molecule has 12 heteroatoms. The number of carbonyl (C=O) groups excluding carboxylic acids is 4. The van der Waals surface area contributed by atoms with Gasteiger partial charge in [-0.1, -0.05) is 24.3 Å². The summed E-state index contributed by atoms with van der Waals surface area (Å²) in [6.07, 6.45) is 8.10. The molecule has 2 N–H and O–H groups in total. The summed E-state index contributed by atoms with van der Waals surface area (Å²) in [5, 5.41) is 10.5. The topological polar surface area (TPSA) is 140 Å². The lowest BCUT2D eigenvalue weighted by molar-refractivity contribution is -0.152. The molecule has 12 nitrogen and oxygen atoms in total. The Morgan fingerprint density at radius 3 is 2.25 bits per heavy atom. The van der Waals surface area contributed by atoms with E-state index in [0.717, 1.165) is 98.1 Å². The van der Waals surface area contributed by atoms with E-state index in [4.69, 9.17) is 9.72 Å². The van der Waals surface area contributed by atoms with Gasteiger partial charge in [-0.05, 0) is 105 Å². The van der Waals surface area contributed by atoms with Crippen LogP contribution in [0.2, 0.25) is 0 Å². The van der Waals surface area contributed by atoms with E-state index in [2.05, 4.69) is 20.6 Å². The molecule has 8 rings (SSSR count). The first-order valence-electron chi connectivity index (χ1n) is 18.8. The molecule has 2 aromatic heterocycles. The van der Waals surface area contributed by atoms with Crippen molar-refractivity contribution in [2.75, 3.05) is 30.8 Å². The zero-order chi connectivity index (χ0) is 37.1. The Balaban J connectivity index is 0.940. The number of aryl methyl sites for hydroxylation is 1. The largest absolute Gasteiger partial charge is 0.469 e. The molecule has 0 spiro atoms. The van der Waals surface area contributed by atoms with Gasteiger partial charge in [-0.3, -0.25) is 28.8 Å². The van der Waals surface area contributed by atoms with Gasteiger partial charge in [0.25, 0.3) is 11.8 Å². The molecule has 2 saturated carbocycles. The van der Waals surface area contributed by atoms with Crippen molar-refractivity contribution in [3.63, 3.8) is 0 Å². The van der Waals surface area contributed by atoms with Gasteiger partial charge >= 0.3 is 5.97 Å². The summed E-state index contributed by atoms with van der Waals surface area (Å²) in [6.45, 7) is 7.13. The number of rotatable bonds is 9. The fraction of sp³-hybridized carbons (Fsp3) is 0.463. The van der Waals surface area contributed by atoms with E-state index in [0.29, 0.717) is 42.4 Å². The van der Waals surface area contributed by atoms with E-state index in [9.17, 15) is 19.2 Å². The van der Waals surface area contributed by atoms with Crippen LogP contribution in [0, 0.1) is 24.7 Å². The lowest BCUT2D eigenvalue weighted by Crippen LogP contribution is -2.34. The molecule has 2 bridgehead atoms. The summed E-state index contributed by atoms with van der Waals surface area (Å²) in [5.41, 5.74) is 7.66. The van der Waals surface area contributed by atoms with Crippen molar-refractivity contribution in [2.24, 2.45) is 17.9 Å². The molecule has 2 fully saturated rings. The van der Waals surface area contributed by atoms with Crippen molar-refractivity contribution in [3.8, 4) is 11.1 Å². The van der Waals surface area contributed by atoms with Gasteiger partial charge in [-0.15, -0.1) is 0 Å². The number of amides is 2. The van der Waals surface area contributed by atoms with Gasteiger partial charge < -0.3 is 19.9 Å². The molecular weight excluding hydrogens is 670 g/mol. The summed E-state index contributed by atoms with van der Waals surface area (Å²) < 4.78 is 8.72. The first-order chi connectivity index (χ1) is 25.5. The van der Waals surface area contributed by atoms with Crippen LogP contribution in [0.3, 0.4) is 0 Å². The Bertz CT molecular complexity index is 2150. The molecule has 0 saturated heterocycles. The summed E-state index contributed by atoms with van der Waals surface area (Å²) in [5.74, 6) is -0.267. The molecule has 0 unspecified atom stereocenters. The Kier molecular flexibility index (Phi) is 8.83. The van der Waals surface area contributed by atoms with Crippen LogP contribution in [0.1, 0.15) is 105 Å². The number of nitrogens with zero attached hydrogens (tertiary/aromatic N) is 5. The van der Waals surface area contributed by atoms with E-state index in [1.54, 1.807) is 10.7 Å². The van der Waals surface area contributed by atoms with Gasteiger partial charge in [-0.2, -0.15) is 5.10 Å². The summed E-state index contributed by atoms with van der Waals surface area (Å²) in [7, 11) is 3.43. The fourth-order valence-electron chi connectivity index (χ4n) is 9.46. The monoisotopic (exact) mass is 717 g/mol. The van der Waals surface area contributed by atoms with Crippen LogP contribution >= 0.6 is 0 Å². The Morgan fingerprint density at radius 2 is 1.58 bits per heavy atom. The molecule has 0 atom stereocenters. The van der Waals surface area contributed by atoms with Gasteiger partial charge in [0, 0.05) is 62.7 Å². The van der Waals surface area contributed by atoms with Gasteiger partial charge in [0.05, 0.1) is 18.2 Å². The number of hydrogen-bond donors (Lipinski definition) is 2. The molecule has 4 aromatic rings. The number of anilines is 2. The Morgan fingerprint density at radius 1 is 0.906 bits per heavy atom. The average molecular weight is 718 g/mol. The minimum Gasteiger partial charge on any atom is -0.469 e. The summed E-state index contributed by atoms with van der Waals surface area (Å²) in [4.78, 5) is 59.1. The molecule has 2 aliphatic heterocycles. The van der Waals surface area contributed by atoms with Crippen molar-refractivity contribution in [1.29, 1.82) is 0 Å². The number of benzene rings is 2. The number of hydrogen-bond acceptors (Lipinski definition) is 8. The van der Waals surface area contributed by atoms with E-state index in [1.165, 1.54) is 7.11 Å². The highest BCUT2D eigenvalue weighted by Crippen LogP contribution is 2.63. The van der Waals surface area contributed by atoms with Crippen LogP contribution in [0.15, 0.2) is 42.5 Å². The number of Topliss-reactive ketones (excluding diaryl/α,β-unsaturated/α-hetero) is 1. The minimum absolute atomic E-state index is 0.00622. The smallest absolute Gasteiger partial charge is 0.311 e. The minimum atomic E-state index is -0.368. The van der Waals surface area contributed by atoms with Gasteiger partial charge in [0.15, 0.2) is 17.3 Å². The fourth-order valence-corrected chi connectivity index (χ4v) is 9.46. The standard InChI is InChI=1S/C41H47N7O5/c1-25-27(8-5-10-29(25)43-37(50)31-22-34-35(49)12-7-19-48(34)45-31)28-9-6-11-30(26(28)2)44-38(51)36-42-32-23-47(20-13-33(32)46(36)3)21-18-40-14-16-41(24-40,17-15-40)39(52)53-4/h5-6,8-11,22H,7,12-21,23-24H2,1-4H3,(H,43,50)(H,44,51). The maximum Gasteiger partial charge on any atom is 0.311 e. The Hall–Kier alpha value is -5.10. The Labute approximate surface area is 309 Å². The molecule has 53 heavy (non-hydrogen) atoms. The number of aromatic nitrogens is 4. The lowest BCUT2D eigenvalue weighted by Gasteiger charge is -2.32. The maximum absolute atomic E-state index is 13.8. The van der Waals surface area contributed by atoms with Gasteiger partial charge in [0.1, 0.15) is 5.69 Å². The van der Waals surface area contributed by atoms with Crippen molar-refractivity contribution >= 4 is 34.9 Å². The third kappa shape index (κ3) is 6.16. The zero-order valence-corrected chi connectivity index (χ0v) is 31.0. The molecule has 2 aromatic carbocycles. The van der Waals surface area contributed by atoms with E-state index >= 15 is 0 Å². The highest BCUT2D eigenvalue weighted by molar-refractivity contribution is 6.06. The first-order valence-corrected chi connectivity index (χ1v) is 18.8. The zero-order valence-electron chi connectivity index (χ0n) is 31.0. The molecule has 4 aliphatic rings. The molecule has 4 heterocycles. The number of nitrogens with one attached hydrogen (secondary N) is 2. The lowest BCUT2D eigenvalue weighted by atomic mass is 9.80. The molecule has 2 aliphatic carbocycles. The van der Waals surface area contributed by atoms with Crippen LogP contribution in [0.4, 0.5) is 11.4 Å². The number of fused-ring (bicyclic) bond motifs is 4. The third-order valence-corrected chi connectivity index (χ3v) is 12.6. The number of ketones is 1. The molecular formula is C41H47N7O5. The van der Waals surface area contributed by atoms with E-state index < -0.39 is 0 Å². The number of ether oxygens (including phenoxy) is 1. The highest BCUT2D eigenvalue weighted by atomic mass is 16.5. The van der Waals surface area contributed by atoms with Crippen molar-refractivity contribution < 1.29 is 23.9 Å². The molecule has 2 amide bonds. The van der Waals surface area contributed by atoms with Gasteiger partial charge in [0.2, 0.25) is 0 Å². The van der Waals surface area contributed by atoms with Crippen molar-refractivity contribution in [2.45, 2.75) is 84.7 Å². The normalized spacial score (nSPS) is 22.0. The summed E-state index contributed by atoms with van der Waals surface area (Å²) >= 11 is 0. The predicted octanol–water partition coefficient (Wildman–Crippen LogP) is 6.25. The van der Waals surface area contributed by atoms with E-state index in [1.807, 2.05) is 61.9 Å². The first kappa shape index (κ1) is 35.0. The second kappa shape index (κ2) is 13.4. The quantitative estimate of drug-likeness (QED) is 0.194. The number of carbonyl (C=O) groups is 4. The molecule has 276 valence electrons. The number of esters is 1. The van der Waals surface area contributed by atoms with Crippen molar-refractivity contribution in [3.05, 3.63) is 82.2 Å². The van der Waals surface area contributed by atoms with Crippen LogP contribution < -0.4 is 10.6 Å². The van der Waals surface area contributed by atoms with Crippen molar-refractivity contribution in [1.82, 2.24) is 24.2 Å². The number of methoxy groups -OCH3 is 1. The third-order valence-electron chi connectivity index (χ3n) is 12.6. The van der Waals surface area contributed by atoms with Crippen LogP contribution in [-0.4, -0.2) is 68.0 Å². The SMILES string of the molecule is COC(=O)C12CCC(CCN3CCc4c(nc(C(=O)Nc5cccc(-c6cccc(NC(=O)c7cc8n(n7)CCCC8=O)c6C)c5C)n4C)C3)(CC1)C2. The van der Waals surface area contributed by atoms with Crippen LogP contribution in [0.5, 0.6) is 0 Å². The number of imidazole rings is 1. The van der Waals surface area contributed by atoms with E-state index in [-0.39, 0.29) is 40.1 Å². The second-order valence-corrected chi connectivity index (χ2v) is 15.6. The summed E-state index contributed by atoms with van der Waals surface area (Å²) in [6, 6.07) is 13.1. The molecule has 0 radical (unpaired) electrons. The highest BCUT2D eigenvalue weighted by Gasteiger charge is 2.58.